The molecule has 0 saturated heterocycles. The van der Waals surface area contributed by atoms with E-state index in [-0.39, 0.29) is 12.0 Å². The maximum absolute atomic E-state index is 12.6. The van der Waals surface area contributed by atoms with Crippen LogP contribution in [0.2, 0.25) is 0 Å². The molecule has 11 heteroatoms. The van der Waals surface area contributed by atoms with Gasteiger partial charge in [0.1, 0.15) is 5.69 Å². The van der Waals surface area contributed by atoms with Crippen LogP contribution in [0, 0.1) is 0 Å². The summed E-state index contributed by atoms with van der Waals surface area (Å²) in [5, 5.41) is 0. The van der Waals surface area contributed by atoms with Crippen molar-refractivity contribution in [2.24, 2.45) is 17.2 Å². The molecule has 0 heterocycles. The fourth-order valence-corrected chi connectivity index (χ4v) is 1.37. The molecule has 1 aromatic carbocycles. The van der Waals surface area contributed by atoms with Gasteiger partial charge in [0.15, 0.2) is 0 Å². The number of nitrogens with one attached hydrogen (secondary N) is 2. The van der Waals surface area contributed by atoms with E-state index in [4.69, 9.17) is 17.2 Å². The average Bonchev–Trinajstić information content (AvgIpc) is 2.24. The zero-order valence-electron chi connectivity index (χ0n) is 10.2. The lowest BCUT2D eigenvalue weighted by atomic mass is 10.1. The molecule has 0 amide bonds. The van der Waals surface area contributed by atoms with Crippen LogP contribution in [0.15, 0.2) is 18.2 Å². The third kappa shape index (κ3) is 4.85. The molecule has 1 aromatic rings. The number of hydrogen-bond acceptors (Lipinski definition) is 0. The van der Waals surface area contributed by atoms with Gasteiger partial charge in [-0.1, -0.05) is 0 Å². The molecule has 0 aliphatic heterocycles. The Labute approximate surface area is 114 Å². The van der Waals surface area contributed by atoms with Crippen LogP contribution in [-0.4, -0.2) is 11.9 Å². The number of nitrogens with two attached hydrogens (primary N) is 3. The second-order valence-corrected chi connectivity index (χ2v) is 3.91. The molecule has 0 unspecified atom stereocenters. The van der Waals surface area contributed by atoms with Crippen molar-refractivity contribution in [3.63, 3.8) is 0 Å². The molecule has 0 aliphatic carbocycles. The summed E-state index contributed by atoms with van der Waals surface area (Å²) in [7, 11) is 0. The smallest absolute Gasteiger partial charge is 0.275 e. The summed E-state index contributed by atoms with van der Waals surface area (Å²) in [5.74, 6) is -0.814. The van der Waals surface area contributed by atoms with E-state index in [1.165, 1.54) is 0 Å². The first-order valence-electron chi connectivity index (χ1n) is 5.23. The molecule has 0 aromatic heterocycles. The number of halogens is 6. The van der Waals surface area contributed by atoms with Crippen molar-refractivity contribution in [3.05, 3.63) is 29.3 Å². The molecule has 0 bridgehead atoms. The Morgan fingerprint density at radius 3 is 1.57 bits per heavy atom. The Hall–Kier alpha value is -2.46. The van der Waals surface area contributed by atoms with Gasteiger partial charge in [-0.2, -0.15) is 31.3 Å². The predicted octanol–water partition coefficient (Wildman–Crippen LogP) is -1.89. The van der Waals surface area contributed by atoms with E-state index in [1.807, 2.05) is 0 Å². The van der Waals surface area contributed by atoms with E-state index in [1.54, 1.807) is 0 Å². The van der Waals surface area contributed by atoms with Crippen LogP contribution < -0.4 is 27.2 Å². The second kappa shape index (κ2) is 5.50. The Morgan fingerprint density at radius 2 is 1.24 bits per heavy atom. The maximum Gasteiger partial charge on any atom is 0.416 e. The molecule has 21 heavy (non-hydrogen) atoms. The van der Waals surface area contributed by atoms with Crippen molar-refractivity contribution in [1.82, 2.24) is 0 Å². The Bertz CT molecular complexity index is 550. The van der Waals surface area contributed by atoms with E-state index >= 15 is 0 Å². The lowest BCUT2D eigenvalue weighted by molar-refractivity contribution is -0.459. The monoisotopic (exact) mass is 315 g/mol. The maximum atomic E-state index is 12.6. The summed E-state index contributed by atoms with van der Waals surface area (Å²) in [6, 6.07) is 0.936. The van der Waals surface area contributed by atoms with Crippen LogP contribution in [0.3, 0.4) is 0 Å². The highest BCUT2D eigenvalue weighted by molar-refractivity contribution is 5.75. The van der Waals surface area contributed by atoms with Crippen LogP contribution in [-0.2, 0) is 12.4 Å². The predicted molar refractivity (Wildman–Crippen MR) is 60.6 cm³/mol. The minimum absolute atomic E-state index is 0.00177. The van der Waals surface area contributed by atoms with Gasteiger partial charge < -0.3 is 0 Å². The molecule has 5 nitrogen and oxygen atoms in total. The number of guanidine groups is 2. The van der Waals surface area contributed by atoms with E-state index in [0.717, 1.165) is 0 Å². The van der Waals surface area contributed by atoms with Crippen molar-refractivity contribution in [1.29, 1.82) is 0 Å². The van der Waals surface area contributed by atoms with Crippen molar-refractivity contribution in [3.8, 4) is 0 Å². The average molecular weight is 315 g/mol. The van der Waals surface area contributed by atoms with Gasteiger partial charge in [-0.15, -0.1) is 0 Å². The standard InChI is InChI=1S/C10H9F6N5/c11-9(12,13)4-1-5(10(14,15)16)3-6(2-4)20-8(19)21-7(17)18/h1-3H,(H6,17,18,19,20,21)/p+2. The van der Waals surface area contributed by atoms with Gasteiger partial charge in [-0.3, -0.25) is 17.2 Å². The van der Waals surface area contributed by atoms with Crippen molar-refractivity contribution in [2.75, 3.05) is 0 Å². The quantitative estimate of drug-likeness (QED) is 0.238. The summed E-state index contributed by atoms with van der Waals surface area (Å²) >= 11 is 0. The first-order valence-corrected chi connectivity index (χ1v) is 5.23. The topological polar surface area (TPSA) is 106 Å². The molecule has 0 spiro atoms. The lowest BCUT2D eigenvalue weighted by Crippen LogP contribution is -2.96. The van der Waals surface area contributed by atoms with Crippen LogP contribution in [0.25, 0.3) is 0 Å². The van der Waals surface area contributed by atoms with Gasteiger partial charge in [-0.25, -0.2) is 4.99 Å². The number of hydrogen-bond donors (Lipinski definition) is 5. The summed E-state index contributed by atoms with van der Waals surface area (Å²) in [6.07, 6.45) is -9.89. The molecule has 0 fully saturated rings. The molecule has 0 radical (unpaired) electrons. The number of alkyl halides is 6. The Kier molecular flexibility index (Phi) is 4.35. The summed E-state index contributed by atoms with van der Waals surface area (Å²) in [5.41, 5.74) is 11.9. The van der Waals surface area contributed by atoms with E-state index < -0.39 is 35.1 Å². The third-order valence-electron chi connectivity index (χ3n) is 2.15. The second-order valence-electron chi connectivity index (χ2n) is 3.91. The minimum Gasteiger partial charge on any atom is -0.275 e. The van der Waals surface area contributed by atoms with Gasteiger partial charge in [0, 0.05) is 0 Å². The van der Waals surface area contributed by atoms with Crippen LogP contribution >= 0.6 is 0 Å². The van der Waals surface area contributed by atoms with Crippen molar-refractivity contribution in [2.45, 2.75) is 12.4 Å². The zero-order chi connectivity index (χ0) is 16.4. The van der Waals surface area contributed by atoms with Gasteiger partial charge in [0.2, 0.25) is 0 Å². The van der Waals surface area contributed by atoms with Gasteiger partial charge in [0.25, 0.3) is 0 Å². The fraction of sp³-hybridized carbons (Fsp3) is 0.200. The summed E-state index contributed by atoms with van der Waals surface area (Å²) in [4.78, 5) is 4.20. The Morgan fingerprint density at radius 1 is 0.810 bits per heavy atom. The normalized spacial score (nSPS) is 13.1. The first-order chi connectivity index (χ1) is 9.39. The summed E-state index contributed by atoms with van der Waals surface area (Å²) in [6.45, 7) is 0. The highest BCUT2D eigenvalue weighted by Crippen LogP contribution is 2.36. The molecular formula is C10H11F6N5+2. The minimum atomic E-state index is -4.95. The Balaban J connectivity index is 3.43. The van der Waals surface area contributed by atoms with Crippen LogP contribution in [0.1, 0.15) is 11.1 Å². The highest BCUT2D eigenvalue weighted by atomic mass is 19.4. The van der Waals surface area contributed by atoms with Gasteiger partial charge >= 0.3 is 24.3 Å². The zero-order valence-corrected chi connectivity index (χ0v) is 10.2. The van der Waals surface area contributed by atoms with E-state index in [9.17, 15) is 26.3 Å². The first kappa shape index (κ1) is 16.6. The molecule has 116 valence electrons. The van der Waals surface area contributed by atoms with E-state index in [0.29, 0.717) is 12.1 Å². The number of benzene rings is 1. The van der Waals surface area contributed by atoms with Gasteiger partial charge in [0.05, 0.1) is 11.1 Å². The largest absolute Gasteiger partial charge is 0.416 e. The molecular weight excluding hydrogens is 304 g/mol. The lowest BCUT2D eigenvalue weighted by Gasteiger charge is -2.12. The van der Waals surface area contributed by atoms with Crippen molar-refractivity contribution < 1.29 is 36.3 Å². The summed E-state index contributed by atoms with van der Waals surface area (Å²) < 4.78 is 75.5. The van der Waals surface area contributed by atoms with Crippen LogP contribution in [0.4, 0.5) is 32.0 Å². The molecule has 0 atom stereocenters. The SMILES string of the molecule is NC(N)=[NH+]C(N)=[NH+]c1cc(C(F)(F)F)cc(C(F)(F)F)c1. The van der Waals surface area contributed by atoms with Crippen LogP contribution in [0.5, 0.6) is 0 Å². The van der Waals surface area contributed by atoms with Crippen molar-refractivity contribution >= 4 is 17.6 Å². The number of rotatable bonds is 1. The third-order valence-corrected chi connectivity index (χ3v) is 2.15. The van der Waals surface area contributed by atoms with E-state index in [2.05, 4.69) is 9.98 Å². The fourth-order valence-electron chi connectivity index (χ4n) is 1.37. The van der Waals surface area contributed by atoms with Gasteiger partial charge in [-0.05, 0) is 18.2 Å². The molecule has 0 saturated carbocycles. The molecule has 0 aliphatic rings. The highest BCUT2D eigenvalue weighted by Gasteiger charge is 2.37. The molecule has 8 N–H and O–H groups in total. The molecule has 1 rings (SSSR count).